The standard InChI is InChI=1S/C21H30N4O/c1-20(2,3)16-8-10-17(11-9-16)21(12-6-5-7-13-21)19(26)22-14-18-24-23-15-25(18)4/h8-11,15H,5-7,12-14H2,1-4H3,(H,22,26). The van der Waals surface area contributed by atoms with E-state index in [-0.39, 0.29) is 11.3 Å². The van der Waals surface area contributed by atoms with E-state index < -0.39 is 5.41 Å². The van der Waals surface area contributed by atoms with E-state index in [4.69, 9.17) is 0 Å². The first kappa shape index (κ1) is 18.6. The van der Waals surface area contributed by atoms with E-state index in [0.717, 1.165) is 37.1 Å². The molecule has 1 aromatic carbocycles. The fourth-order valence-corrected chi connectivity index (χ4v) is 3.89. The number of carbonyl (C=O) groups is 1. The zero-order valence-electron chi connectivity index (χ0n) is 16.4. The Morgan fingerprint density at radius 3 is 2.35 bits per heavy atom. The van der Waals surface area contributed by atoms with Crippen molar-refractivity contribution in [3.63, 3.8) is 0 Å². The Balaban J connectivity index is 1.84. The van der Waals surface area contributed by atoms with Gasteiger partial charge in [0.25, 0.3) is 0 Å². The molecule has 1 saturated carbocycles. The third-order valence-electron chi connectivity index (χ3n) is 5.66. The highest BCUT2D eigenvalue weighted by Crippen LogP contribution is 2.40. The van der Waals surface area contributed by atoms with Crippen LogP contribution < -0.4 is 5.32 Å². The second-order valence-electron chi connectivity index (χ2n) is 8.51. The summed E-state index contributed by atoms with van der Waals surface area (Å²) >= 11 is 0. The second-order valence-corrected chi connectivity index (χ2v) is 8.51. The van der Waals surface area contributed by atoms with Gasteiger partial charge in [-0.25, -0.2) is 0 Å². The number of aryl methyl sites for hydroxylation is 1. The number of hydrogen-bond donors (Lipinski definition) is 1. The molecule has 140 valence electrons. The van der Waals surface area contributed by atoms with E-state index in [1.165, 1.54) is 12.0 Å². The molecule has 0 radical (unpaired) electrons. The molecule has 0 bridgehead atoms. The van der Waals surface area contributed by atoms with E-state index in [2.05, 4.69) is 60.6 Å². The number of carbonyl (C=O) groups excluding carboxylic acids is 1. The molecule has 0 atom stereocenters. The monoisotopic (exact) mass is 354 g/mol. The summed E-state index contributed by atoms with van der Waals surface area (Å²) in [5.41, 5.74) is 2.13. The predicted octanol–water partition coefficient (Wildman–Crippen LogP) is 3.63. The minimum Gasteiger partial charge on any atom is -0.348 e. The van der Waals surface area contributed by atoms with Crippen LogP contribution in [0, 0.1) is 0 Å². The van der Waals surface area contributed by atoms with Crippen LogP contribution in [0.2, 0.25) is 0 Å². The van der Waals surface area contributed by atoms with Gasteiger partial charge in [-0.3, -0.25) is 4.79 Å². The number of nitrogens with zero attached hydrogens (tertiary/aromatic N) is 3. The SMILES string of the molecule is Cn1cnnc1CNC(=O)C1(c2ccc(C(C)(C)C)cc2)CCCCC1. The van der Waals surface area contributed by atoms with E-state index in [0.29, 0.717) is 6.54 Å². The molecule has 1 heterocycles. The van der Waals surface area contributed by atoms with Crippen molar-refractivity contribution in [2.45, 2.75) is 70.3 Å². The van der Waals surface area contributed by atoms with Crippen molar-refractivity contribution in [3.05, 3.63) is 47.5 Å². The molecule has 0 spiro atoms. The molecule has 1 amide bonds. The number of aromatic nitrogens is 3. The van der Waals surface area contributed by atoms with Crippen molar-refractivity contribution < 1.29 is 4.79 Å². The molecule has 1 aromatic heterocycles. The summed E-state index contributed by atoms with van der Waals surface area (Å²) in [5.74, 6) is 0.885. The minimum absolute atomic E-state index is 0.115. The third kappa shape index (κ3) is 3.67. The first-order chi connectivity index (χ1) is 12.3. The highest BCUT2D eigenvalue weighted by atomic mass is 16.2. The number of rotatable bonds is 4. The quantitative estimate of drug-likeness (QED) is 0.912. The van der Waals surface area contributed by atoms with Crippen molar-refractivity contribution in [1.29, 1.82) is 0 Å². The van der Waals surface area contributed by atoms with Gasteiger partial charge in [0.1, 0.15) is 6.33 Å². The van der Waals surface area contributed by atoms with Crippen molar-refractivity contribution >= 4 is 5.91 Å². The van der Waals surface area contributed by atoms with Crippen LogP contribution in [-0.4, -0.2) is 20.7 Å². The predicted molar refractivity (Wildman–Crippen MR) is 103 cm³/mol. The summed E-state index contributed by atoms with van der Waals surface area (Å²) in [6.07, 6.45) is 6.87. The van der Waals surface area contributed by atoms with Gasteiger partial charge in [-0.15, -0.1) is 10.2 Å². The molecule has 1 aliphatic rings. The molecular formula is C21H30N4O. The Morgan fingerprint density at radius 2 is 1.81 bits per heavy atom. The molecule has 0 unspecified atom stereocenters. The number of hydrogen-bond acceptors (Lipinski definition) is 3. The zero-order valence-corrected chi connectivity index (χ0v) is 16.4. The Kier molecular flexibility index (Phi) is 5.17. The van der Waals surface area contributed by atoms with Gasteiger partial charge in [-0.2, -0.15) is 0 Å². The molecule has 1 aliphatic carbocycles. The number of nitrogens with one attached hydrogen (secondary N) is 1. The van der Waals surface area contributed by atoms with Crippen molar-refractivity contribution in [2.24, 2.45) is 7.05 Å². The highest BCUT2D eigenvalue weighted by Gasteiger charge is 2.41. The first-order valence-corrected chi connectivity index (χ1v) is 9.55. The fraction of sp³-hybridized carbons (Fsp3) is 0.571. The van der Waals surface area contributed by atoms with Crippen LogP contribution in [0.4, 0.5) is 0 Å². The maximum absolute atomic E-state index is 13.2. The Morgan fingerprint density at radius 1 is 1.15 bits per heavy atom. The Labute approximate surface area is 156 Å². The van der Waals surface area contributed by atoms with Gasteiger partial charge in [0.2, 0.25) is 5.91 Å². The Hall–Kier alpha value is -2.17. The second kappa shape index (κ2) is 7.22. The van der Waals surface area contributed by atoms with Gasteiger partial charge in [0.05, 0.1) is 12.0 Å². The molecule has 26 heavy (non-hydrogen) atoms. The number of benzene rings is 1. The lowest BCUT2D eigenvalue weighted by Crippen LogP contribution is -2.45. The van der Waals surface area contributed by atoms with Crippen LogP contribution in [0.15, 0.2) is 30.6 Å². The van der Waals surface area contributed by atoms with Gasteiger partial charge < -0.3 is 9.88 Å². The highest BCUT2D eigenvalue weighted by molar-refractivity contribution is 5.88. The van der Waals surface area contributed by atoms with E-state index in [1.54, 1.807) is 6.33 Å². The van der Waals surface area contributed by atoms with E-state index >= 15 is 0 Å². The summed E-state index contributed by atoms with van der Waals surface area (Å²) in [5, 5.41) is 11.1. The lowest BCUT2D eigenvalue weighted by atomic mass is 9.68. The van der Waals surface area contributed by atoms with Crippen LogP contribution in [0.1, 0.15) is 69.8 Å². The fourth-order valence-electron chi connectivity index (χ4n) is 3.89. The normalized spacial score (nSPS) is 17.1. The molecule has 0 saturated heterocycles. The van der Waals surface area contributed by atoms with Gasteiger partial charge in [0, 0.05) is 7.05 Å². The average Bonchev–Trinajstić information content (AvgIpc) is 3.04. The zero-order chi connectivity index (χ0) is 18.8. The van der Waals surface area contributed by atoms with Gasteiger partial charge in [-0.1, -0.05) is 64.3 Å². The van der Waals surface area contributed by atoms with Crippen LogP contribution in [0.5, 0.6) is 0 Å². The van der Waals surface area contributed by atoms with Crippen LogP contribution >= 0.6 is 0 Å². The van der Waals surface area contributed by atoms with Gasteiger partial charge >= 0.3 is 0 Å². The first-order valence-electron chi connectivity index (χ1n) is 9.55. The van der Waals surface area contributed by atoms with E-state index in [1.807, 2.05) is 11.6 Å². The molecule has 0 aliphatic heterocycles. The molecular weight excluding hydrogens is 324 g/mol. The smallest absolute Gasteiger partial charge is 0.231 e. The van der Waals surface area contributed by atoms with Crippen molar-refractivity contribution in [3.8, 4) is 0 Å². The molecule has 3 rings (SSSR count). The van der Waals surface area contributed by atoms with Crippen LogP contribution in [0.25, 0.3) is 0 Å². The lowest BCUT2D eigenvalue weighted by Gasteiger charge is -2.36. The largest absolute Gasteiger partial charge is 0.348 e. The molecule has 2 aromatic rings. The van der Waals surface area contributed by atoms with Gasteiger partial charge in [0.15, 0.2) is 5.82 Å². The summed E-state index contributed by atoms with van der Waals surface area (Å²) in [4.78, 5) is 13.2. The van der Waals surface area contributed by atoms with Crippen LogP contribution in [0.3, 0.4) is 0 Å². The third-order valence-corrected chi connectivity index (χ3v) is 5.66. The maximum atomic E-state index is 13.2. The van der Waals surface area contributed by atoms with Gasteiger partial charge in [-0.05, 0) is 29.4 Å². The number of amides is 1. The lowest BCUT2D eigenvalue weighted by molar-refractivity contribution is -0.128. The van der Waals surface area contributed by atoms with E-state index in [9.17, 15) is 4.79 Å². The van der Waals surface area contributed by atoms with Crippen molar-refractivity contribution in [2.75, 3.05) is 0 Å². The van der Waals surface area contributed by atoms with Crippen LogP contribution in [-0.2, 0) is 29.2 Å². The van der Waals surface area contributed by atoms with Crippen molar-refractivity contribution in [1.82, 2.24) is 20.1 Å². The Bertz CT molecular complexity index is 749. The average molecular weight is 354 g/mol. The molecule has 5 heteroatoms. The topological polar surface area (TPSA) is 59.8 Å². The summed E-state index contributed by atoms with van der Waals surface area (Å²) in [6.45, 7) is 7.06. The molecule has 1 fully saturated rings. The molecule has 1 N–H and O–H groups in total. The summed E-state index contributed by atoms with van der Waals surface area (Å²) in [6, 6.07) is 8.69. The maximum Gasteiger partial charge on any atom is 0.231 e. The minimum atomic E-state index is -0.423. The summed E-state index contributed by atoms with van der Waals surface area (Å²) in [7, 11) is 1.89. The molecule has 5 nitrogen and oxygen atoms in total. The summed E-state index contributed by atoms with van der Waals surface area (Å²) < 4.78 is 1.84.